The molecule has 2 amide bonds. The number of carbonyl (C=O) groups is 1. The molecule has 3 N–H and O–H groups in total. The topological polar surface area (TPSA) is 136 Å². The summed E-state index contributed by atoms with van der Waals surface area (Å²) in [5.41, 5.74) is 4.18. The van der Waals surface area contributed by atoms with Crippen LogP contribution in [0.25, 0.3) is 28.0 Å². The highest BCUT2D eigenvalue weighted by atomic mass is 19.1. The molecule has 0 saturated heterocycles. The van der Waals surface area contributed by atoms with Gasteiger partial charge in [-0.05, 0) is 42.3 Å². The van der Waals surface area contributed by atoms with E-state index in [1.165, 1.54) is 18.5 Å². The fraction of sp³-hybridized carbons (Fsp3) is 0.107. The minimum absolute atomic E-state index is 0.0159. The van der Waals surface area contributed by atoms with Crippen LogP contribution in [-0.4, -0.2) is 36.0 Å². The summed E-state index contributed by atoms with van der Waals surface area (Å²) in [6.07, 6.45) is 6.31. The number of halogens is 1. The lowest BCUT2D eigenvalue weighted by molar-refractivity contribution is 0.262. The van der Waals surface area contributed by atoms with Crippen LogP contribution >= 0.6 is 0 Å². The highest BCUT2D eigenvalue weighted by Crippen LogP contribution is 2.29. The maximum atomic E-state index is 14.9. The van der Waals surface area contributed by atoms with Gasteiger partial charge in [0.05, 0.1) is 29.0 Å². The van der Waals surface area contributed by atoms with Gasteiger partial charge in [-0.2, -0.15) is 10.2 Å². The molecule has 4 heterocycles. The van der Waals surface area contributed by atoms with E-state index in [9.17, 15) is 9.18 Å². The minimum atomic E-state index is -0.662. The summed E-state index contributed by atoms with van der Waals surface area (Å²) in [6, 6.07) is 14.1. The van der Waals surface area contributed by atoms with Crippen molar-refractivity contribution in [3.8, 4) is 28.4 Å². The molecular formula is C28H23FN8O3. The van der Waals surface area contributed by atoms with E-state index >= 15 is 0 Å². The number of benzene rings is 2. The van der Waals surface area contributed by atoms with E-state index in [0.29, 0.717) is 34.0 Å². The van der Waals surface area contributed by atoms with Crippen molar-refractivity contribution in [1.29, 1.82) is 0 Å². The molecule has 0 aliphatic carbocycles. The number of oxazole rings is 1. The first-order valence-electron chi connectivity index (χ1n) is 12.4. The van der Waals surface area contributed by atoms with Crippen molar-refractivity contribution >= 4 is 28.6 Å². The molecule has 40 heavy (non-hydrogen) atoms. The Morgan fingerprint density at radius 1 is 1.05 bits per heavy atom. The minimum Gasteiger partial charge on any atom is -0.457 e. The zero-order valence-electron chi connectivity index (χ0n) is 21.4. The van der Waals surface area contributed by atoms with Gasteiger partial charge in [0.15, 0.2) is 12.0 Å². The third kappa shape index (κ3) is 5.10. The Balaban J connectivity index is 1.18. The summed E-state index contributed by atoms with van der Waals surface area (Å²) in [7, 11) is 0. The molecule has 200 valence electrons. The second-order valence-electron chi connectivity index (χ2n) is 9.21. The van der Waals surface area contributed by atoms with Crippen LogP contribution in [0, 0.1) is 5.82 Å². The van der Waals surface area contributed by atoms with Crippen LogP contribution in [0.3, 0.4) is 0 Å². The number of hydrogen-bond donors (Lipinski definition) is 3. The number of aromatic nitrogens is 6. The number of aromatic amines is 1. The lowest BCUT2D eigenvalue weighted by Gasteiger charge is -2.12. The Bertz CT molecular complexity index is 1810. The van der Waals surface area contributed by atoms with Crippen LogP contribution in [0.15, 0.2) is 84.0 Å². The first kappa shape index (κ1) is 24.8. The zero-order valence-corrected chi connectivity index (χ0v) is 21.4. The Hall–Kier alpha value is -5.52. The number of fused-ring (bicyclic) bond motifs is 1. The smallest absolute Gasteiger partial charge is 0.324 e. The summed E-state index contributed by atoms with van der Waals surface area (Å²) in [5, 5.41) is 16.6. The van der Waals surface area contributed by atoms with Crippen LogP contribution < -0.4 is 15.4 Å². The number of urea groups is 1. The van der Waals surface area contributed by atoms with Gasteiger partial charge in [0.25, 0.3) is 0 Å². The Morgan fingerprint density at radius 3 is 2.73 bits per heavy atom. The van der Waals surface area contributed by atoms with Gasteiger partial charge in [-0.15, -0.1) is 0 Å². The van der Waals surface area contributed by atoms with E-state index in [4.69, 9.17) is 9.15 Å². The van der Waals surface area contributed by atoms with Crippen LogP contribution in [0.2, 0.25) is 0 Å². The predicted octanol–water partition coefficient (Wildman–Crippen LogP) is 6.50. The maximum Gasteiger partial charge on any atom is 0.324 e. The van der Waals surface area contributed by atoms with Gasteiger partial charge < -0.3 is 14.5 Å². The number of hydrogen-bond acceptors (Lipinski definition) is 7. The Morgan fingerprint density at radius 2 is 1.93 bits per heavy atom. The van der Waals surface area contributed by atoms with Crippen LogP contribution in [0.4, 0.5) is 20.7 Å². The molecule has 11 nitrogen and oxygen atoms in total. The average molecular weight is 539 g/mol. The molecule has 0 atom stereocenters. The molecule has 0 saturated carbocycles. The van der Waals surface area contributed by atoms with Crippen molar-refractivity contribution < 1.29 is 18.3 Å². The number of nitrogens with zero attached hydrogens (tertiary/aromatic N) is 5. The second-order valence-corrected chi connectivity index (χ2v) is 9.21. The van der Waals surface area contributed by atoms with Gasteiger partial charge in [-0.1, -0.05) is 13.8 Å². The van der Waals surface area contributed by atoms with Crippen molar-refractivity contribution in [1.82, 2.24) is 29.9 Å². The molecule has 0 aliphatic heterocycles. The van der Waals surface area contributed by atoms with Gasteiger partial charge in [-0.25, -0.2) is 18.9 Å². The lowest BCUT2D eigenvalue weighted by Crippen LogP contribution is -2.22. The van der Waals surface area contributed by atoms with Gasteiger partial charge in [0, 0.05) is 36.2 Å². The predicted molar refractivity (Wildman–Crippen MR) is 146 cm³/mol. The third-order valence-electron chi connectivity index (χ3n) is 6.07. The van der Waals surface area contributed by atoms with E-state index < -0.39 is 11.8 Å². The number of nitrogens with one attached hydrogen (secondary N) is 3. The zero-order chi connectivity index (χ0) is 27.6. The highest BCUT2D eigenvalue weighted by molar-refractivity contribution is 5.99. The van der Waals surface area contributed by atoms with E-state index in [1.54, 1.807) is 59.7 Å². The number of amides is 2. The fourth-order valence-electron chi connectivity index (χ4n) is 4.04. The van der Waals surface area contributed by atoms with Crippen molar-refractivity contribution in [3.05, 3.63) is 91.1 Å². The molecule has 6 aromatic rings. The molecule has 0 spiro atoms. The number of carbonyl (C=O) groups excluding carboxylic acids is 1. The number of anilines is 2. The molecule has 0 fully saturated rings. The molecule has 0 aliphatic rings. The average Bonchev–Trinajstić information content (AvgIpc) is 3.71. The SMILES string of the molecule is CC(C)c1cc(NC(=O)Nc2ccc(Oc3ccnc(-c4cn[nH]c4)c3)cc2F)n(-c2ccc3ocnc3c2)n1. The Labute approximate surface area is 227 Å². The maximum absolute atomic E-state index is 14.9. The molecule has 0 unspecified atom stereocenters. The fourth-order valence-corrected chi connectivity index (χ4v) is 4.04. The van der Waals surface area contributed by atoms with Gasteiger partial charge in [0.2, 0.25) is 0 Å². The van der Waals surface area contributed by atoms with E-state index in [2.05, 4.69) is 35.9 Å². The normalized spacial score (nSPS) is 11.2. The van der Waals surface area contributed by atoms with Crippen molar-refractivity contribution in [2.24, 2.45) is 0 Å². The number of rotatable bonds is 7. The first-order chi connectivity index (χ1) is 19.4. The van der Waals surface area contributed by atoms with Crippen molar-refractivity contribution in [3.63, 3.8) is 0 Å². The van der Waals surface area contributed by atoms with Crippen LogP contribution in [0.1, 0.15) is 25.5 Å². The molecule has 12 heteroatoms. The summed E-state index contributed by atoms with van der Waals surface area (Å²) < 4.78 is 27.7. The largest absolute Gasteiger partial charge is 0.457 e. The third-order valence-corrected chi connectivity index (χ3v) is 6.07. The molecular weight excluding hydrogens is 515 g/mol. The molecule has 0 bridgehead atoms. The second kappa shape index (κ2) is 10.3. The van der Waals surface area contributed by atoms with E-state index in [0.717, 1.165) is 11.3 Å². The lowest BCUT2D eigenvalue weighted by atomic mass is 10.1. The van der Waals surface area contributed by atoms with E-state index in [1.807, 2.05) is 19.9 Å². The number of H-pyrrole nitrogens is 1. The van der Waals surface area contributed by atoms with Gasteiger partial charge in [0.1, 0.15) is 28.7 Å². The van der Waals surface area contributed by atoms with Crippen molar-refractivity contribution in [2.75, 3.05) is 10.6 Å². The summed E-state index contributed by atoms with van der Waals surface area (Å²) in [5.74, 6) is 0.597. The molecule has 0 radical (unpaired) electrons. The number of pyridine rings is 1. The quantitative estimate of drug-likeness (QED) is 0.211. The monoisotopic (exact) mass is 538 g/mol. The first-order valence-corrected chi connectivity index (χ1v) is 12.4. The van der Waals surface area contributed by atoms with Gasteiger partial charge >= 0.3 is 6.03 Å². The van der Waals surface area contributed by atoms with Crippen LogP contribution in [0.5, 0.6) is 11.5 Å². The van der Waals surface area contributed by atoms with Crippen LogP contribution in [-0.2, 0) is 0 Å². The standard InChI is InChI=1S/C28H23FN8O3/c1-16(2)23-12-27(37(36-23)18-3-6-26-25(9-18)31-15-39-26)35-28(38)34-22-5-4-19(10-21(22)29)40-20-7-8-30-24(11-20)17-13-32-33-14-17/h3-16H,1-2H3,(H,32,33)(H2,34,35,38). The molecule has 6 rings (SSSR count). The number of ether oxygens (including phenoxy) is 1. The summed E-state index contributed by atoms with van der Waals surface area (Å²) in [4.78, 5) is 21.4. The summed E-state index contributed by atoms with van der Waals surface area (Å²) in [6.45, 7) is 4.00. The van der Waals surface area contributed by atoms with Gasteiger partial charge in [-0.3, -0.25) is 15.4 Å². The summed E-state index contributed by atoms with van der Waals surface area (Å²) >= 11 is 0. The van der Waals surface area contributed by atoms with E-state index in [-0.39, 0.29) is 17.4 Å². The van der Waals surface area contributed by atoms with Crippen molar-refractivity contribution in [2.45, 2.75) is 19.8 Å². The molecule has 4 aromatic heterocycles. The Kier molecular flexibility index (Phi) is 6.40. The molecule has 2 aromatic carbocycles. The highest BCUT2D eigenvalue weighted by Gasteiger charge is 2.17.